The predicted octanol–water partition coefficient (Wildman–Crippen LogP) is 1.56. The molecule has 0 amide bonds. The van der Waals surface area contributed by atoms with Crippen molar-refractivity contribution in [1.29, 1.82) is 0 Å². The molecule has 0 saturated carbocycles. The molecule has 1 heterocycles. The van der Waals surface area contributed by atoms with Gasteiger partial charge in [-0.15, -0.1) is 0 Å². The molecule has 1 atom stereocenters. The molecule has 84 valence electrons. The first-order valence-electron chi connectivity index (χ1n) is 5.07. The topological polar surface area (TPSA) is 73.1 Å². The van der Waals surface area contributed by atoms with Crippen molar-refractivity contribution >= 4 is 5.82 Å². The number of aromatic nitrogens is 2. The summed E-state index contributed by atoms with van der Waals surface area (Å²) >= 11 is 0. The average Bonchev–Trinajstić information content (AvgIpc) is 2.22. The van der Waals surface area contributed by atoms with E-state index in [-0.39, 0.29) is 6.10 Å². The summed E-state index contributed by atoms with van der Waals surface area (Å²) in [6, 6.07) is 0. The van der Waals surface area contributed by atoms with Crippen LogP contribution in [0.3, 0.4) is 0 Å². The molecular formula is C10H18N4O. The maximum absolute atomic E-state index is 5.67. The second-order valence-corrected chi connectivity index (χ2v) is 3.53. The number of nitrogens with one attached hydrogen (secondary N) is 1. The van der Waals surface area contributed by atoms with Crippen molar-refractivity contribution in [3.8, 4) is 5.88 Å². The van der Waals surface area contributed by atoms with Crippen LogP contribution < -0.4 is 16.0 Å². The van der Waals surface area contributed by atoms with E-state index >= 15 is 0 Å². The fraction of sp³-hybridized carbons (Fsp3) is 0.600. The van der Waals surface area contributed by atoms with Crippen LogP contribution in [0, 0.1) is 13.8 Å². The minimum absolute atomic E-state index is 0.142. The fourth-order valence-corrected chi connectivity index (χ4v) is 1.13. The lowest BCUT2D eigenvalue weighted by molar-refractivity contribution is 0.206. The molecule has 0 saturated heterocycles. The monoisotopic (exact) mass is 210 g/mol. The van der Waals surface area contributed by atoms with Gasteiger partial charge in [0.1, 0.15) is 11.6 Å². The van der Waals surface area contributed by atoms with E-state index in [4.69, 9.17) is 10.6 Å². The third kappa shape index (κ3) is 2.79. The van der Waals surface area contributed by atoms with E-state index in [1.54, 1.807) is 0 Å². The summed E-state index contributed by atoms with van der Waals surface area (Å²) in [6.07, 6.45) is 1.08. The van der Waals surface area contributed by atoms with Crippen molar-refractivity contribution in [1.82, 2.24) is 9.97 Å². The van der Waals surface area contributed by atoms with Gasteiger partial charge in [-0.2, -0.15) is 4.98 Å². The molecule has 0 aliphatic carbocycles. The second-order valence-electron chi connectivity index (χ2n) is 3.53. The Morgan fingerprint density at radius 1 is 1.40 bits per heavy atom. The number of nitrogens with two attached hydrogens (primary N) is 1. The van der Waals surface area contributed by atoms with Crippen molar-refractivity contribution in [2.75, 3.05) is 5.43 Å². The van der Waals surface area contributed by atoms with Crippen molar-refractivity contribution in [3.05, 3.63) is 11.4 Å². The molecule has 1 rings (SSSR count). The van der Waals surface area contributed by atoms with Gasteiger partial charge >= 0.3 is 0 Å². The Labute approximate surface area is 90.0 Å². The Balaban J connectivity index is 3.01. The third-order valence-electron chi connectivity index (χ3n) is 2.24. The zero-order valence-electron chi connectivity index (χ0n) is 9.66. The molecule has 0 bridgehead atoms. The predicted molar refractivity (Wildman–Crippen MR) is 59.7 cm³/mol. The molecule has 5 nitrogen and oxygen atoms in total. The van der Waals surface area contributed by atoms with Gasteiger partial charge in [-0.25, -0.2) is 10.8 Å². The molecular weight excluding hydrogens is 192 g/mol. The maximum Gasteiger partial charge on any atom is 0.222 e. The zero-order chi connectivity index (χ0) is 11.4. The maximum atomic E-state index is 5.67. The van der Waals surface area contributed by atoms with Gasteiger partial charge in [0.15, 0.2) is 0 Å². The summed E-state index contributed by atoms with van der Waals surface area (Å²) in [5, 5.41) is 0. The van der Waals surface area contributed by atoms with E-state index in [1.807, 2.05) is 20.8 Å². The van der Waals surface area contributed by atoms with Crippen LogP contribution in [0.1, 0.15) is 31.7 Å². The van der Waals surface area contributed by atoms with E-state index in [2.05, 4.69) is 22.3 Å². The van der Waals surface area contributed by atoms with E-state index in [9.17, 15) is 0 Å². The highest BCUT2D eigenvalue weighted by molar-refractivity contribution is 5.47. The summed E-state index contributed by atoms with van der Waals surface area (Å²) in [4.78, 5) is 8.40. The van der Waals surface area contributed by atoms with Gasteiger partial charge in [-0.3, -0.25) is 0 Å². The molecule has 0 radical (unpaired) electrons. The van der Waals surface area contributed by atoms with Crippen LogP contribution in [0.2, 0.25) is 0 Å². The number of nitrogen functional groups attached to an aromatic ring is 1. The van der Waals surface area contributed by atoms with Gasteiger partial charge in [-0.1, -0.05) is 6.92 Å². The van der Waals surface area contributed by atoms with Gasteiger partial charge in [-0.05, 0) is 27.2 Å². The van der Waals surface area contributed by atoms with E-state index in [0.29, 0.717) is 17.5 Å². The number of aryl methyl sites for hydroxylation is 1. The number of rotatable bonds is 4. The molecule has 3 N–H and O–H groups in total. The minimum Gasteiger partial charge on any atom is -0.474 e. The van der Waals surface area contributed by atoms with Crippen molar-refractivity contribution < 1.29 is 4.74 Å². The van der Waals surface area contributed by atoms with Crippen molar-refractivity contribution in [2.45, 2.75) is 40.2 Å². The van der Waals surface area contributed by atoms with Crippen molar-refractivity contribution in [3.63, 3.8) is 0 Å². The molecule has 0 aromatic carbocycles. The molecule has 0 aliphatic heterocycles. The van der Waals surface area contributed by atoms with Gasteiger partial charge in [0.25, 0.3) is 0 Å². The molecule has 1 aromatic rings. The summed E-state index contributed by atoms with van der Waals surface area (Å²) < 4.78 is 5.67. The number of hydrogen-bond donors (Lipinski definition) is 2. The van der Waals surface area contributed by atoms with E-state index in [0.717, 1.165) is 12.0 Å². The van der Waals surface area contributed by atoms with Crippen molar-refractivity contribution in [2.24, 2.45) is 5.84 Å². The standard InChI is InChI=1S/C10H18N4O/c1-5-6(2)15-10-7(3)9(14-11)12-8(4)13-10/h6H,5,11H2,1-4H3,(H,12,13,14). The lowest BCUT2D eigenvalue weighted by Gasteiger charge is -2.15. The Morgan fingerprint density at radius 2 is 2.07 bits per heavy atom. The molecule has 15 heavy (non-hydrogen) atoms. The largest absolute Gasteiger partial charge is 0.474 e. The molecule has 0 aliphatic rings. The highest BCUT2D eigenvalue weighted by Gasteiger charge is 2.11. The summed E-state index contributed by atoms with van der Waals surface area (Å²) in [6.45, 7) is 7.76. The van der Waals surface area contributed by atoms with Crippen LogP contribution in [-0.2, 0) is 0 Å². The highest BCUT2D eigenvalue weighted by atomic mass is 16.5. The number of ether oxygens (including phenoxy) is 1. The molecule has 5 heteroatoms. The normalized spacial score (nSPS) is 12.3. The second kappa shape index (κ2) is 4.93. The van der Waals surface area contributed by atoms with E-state index in [1.165, 1.54) is 0 Å². The smallest absolute Gasteiger partial charge is 0.222 e. The van der Waals surface area contributed by atoms with Gasteiger partial charge in [0, 0.05) is 0 Å². The van der Waals surface area contributed by atoms with E-state index < -0.39 is 0 Å². The summed E-state index contributed by atoms with van der Waals surface area (Å²) in [7, 11) is 0. The Hall–Kier alpha value is -1.36. The van der Waals surface area contributed by atoms with Crippen LogP contribution in [0.4, 0.5) is 5.82 Å². The molecule has 0 fully saturated rings. The Bertz CT molecular complexity index is 340. The van der Waals surface area contributed by atoms with Crippen LogP contribution in [0.15, 0.2) is 0 Å². The molecule has 1 aromatic heterocycles. The summed E-state index contributed by atoms with van der Waals surface area (Å²) in [5.74, 6) is 7.21. The van der Waals surface area contributed by atoms with Gasteiger partial charge in [0.2, 0.25) is 5.88 Å². The molecule has 0 spiro atoms. The van der Waals surface area contributed by atoms with Crippen LogP contribution in [-0.4, -0.2) is 16.1 Å². The first-order chi connectivity index (χ1) is 7.08. The van der Waals surface area contributed by atoms with Crippen LogP contribution in [0.25, 0.3) is 0 Å². The Kier molecular flexibility index (Phi) is 3.85. The lowest BCUT2D eigenvalue weighted by atomic mass is 10.3. The quantitative estimate of drug-likeness (QED) is 0.582. The number of anilines is 1. The van der Waals surface area contributed by atoms with Crippen LogP contribution in [0.5, 0.6) is 5.88 Å². The fourth-order valence-electron chi connectivity index (χ4n) is 1.13. The van der Waals surface area contributed by atoms with Gasteiger partial charge < -0.3 is 10.2 Å². The number of hydrazine groups is 1. The Morgan fingerprint density at radius 3 is 2.60 bits per heavy atom. The SMILES string of the molecule is CCC(C)Oc1nc(C)nc(NN)c1C. The first kappa shape index (κ1) is 11.7. The third-order valence-corrected chi connectivity index (χ3v) is 2.24. The first-order valence-corrected chi connectivity index (χ1v) is 5.07. The highest BCUT2D eigenvalue weighted by Crippen LogP contribution is 2.22. The number of nitrogens with zero attached hydrogens (tertiary/aromatic N) is 2. The minimum atomic E-state index is 0.142. The summed E-state index contributed by atoms with van der Waals surface area (Å²) in [5.41, 5.74) is 3.37. The lowest BCUT2D eigenvalue weighted by Crippen LogP contribution is -2.16. The molecule has 1 unspecified atom stereocenters. The zero-order valence-corrected chi connectivity index (χ0v) is 9.66. The average molecular weight is 210 g/mol. The van der Waals surface area contributed by atoms with Crippen LogP contribution >= 0.6 is 0 Å². The van der Waals surface area contributed by atoms with Gasteiger partial charge in [0.05, 0.1) is 11.7 Å². The number of hydrogen-bond acceptors (Lipinski definition) is 5.